The lowest BCUT2D eigenvalue weighted by molar-refractivity contribution is -0.131. The van der Waals surface area contributed by atoms with Gasteiger partial charge in [0, 0.05) is 6.08 Å². The molecule has 132 valence electrons. The molecule has 0 bridgehead atoms. The topological polar surface area (TPSA) is 71.4 Å². The molecule has 5 heteroatoms. The molecule has 0 radical (unpaired) electrons. The smallest absolute Gasteiger partial charge is 0.327 e. The Labute approximate surface area is 148 Å². The van der Waals surface area contributed by atoms with Crippen LogP contribution in [0, 0.1) is 13.8 Å². The number of carboxylic acids is 1. The van der Waals surface area contributed by atoms with Crippen LogP contribution in [0.15, 0.2) is 59.5 Å². The van der Waals surface area contributed by atoms with Gasteiger partial charge in [0.2, 0.25) is 0 Å². The number of sulfone groups is 1. The zero-order valence-electron chi connectivity index (χ0n) is 14.4. The standard InChI is InChI=1S/C20H22O4S/c1-15-10-12-18(13-11-15)25(23,24)14-19-16(2)6-5-8-17(19)7-3-4-9-20(21)22/h4-6,8-13H,3,7,14H2,1-2H3,(H,21,22)/b9-4+. The number of carboxylic acid groups (broad SMARTS) is 1. The molecule has 2 aromatic rings. The fourth-order valence-electron chi connectivity index (χ4n) is 2.65. The van der Waals surface area contributed by atoms with Crippen molar-refractivity contribution in [3.8, 4) is 0 Å². The molecule has 0 fully saturated rings. The molecule has 0 spiro atoms. The van der Waals surface area contributed by atoms with Crippen LogP contribution in [-0.4, -0.2) is 19.5 Å². The molecule has 25 heavy (non-hydrogen) atoms. The summed E-state index contributed by atoms with van der Waals surface area (Å²) in [5.41, 5.74) is 3.67. The first-order valence-corrected chi connectivity index (χ1v) is 9.71. The van der Waals surface area contributed by atoms with Gasteiger partial charge in [0.1, 0.15) is 0 Å². The minimum absolute atomic E-state index is 0.0548. The quantitative estimate of drug-likeness (QED) is 0.763. The van der Waals surface area contributed by atoms with E-state index in [0.29, 0.717) is 17.7 Å². The molecule has 0 unspecified atom stereocenters. The normalized spacial score (nSPS) is 11.8. The maximum absolute atomic E-state index is 12.7. The molecule has 0 amide bonds. The van der Waals surface area contributed by atoms with Gasteiger partial charge >= 0.3 is 5.97 Å². The van der Waals surface area contributed by atoms with Crippen LogP contribution in [0.5, 0.6) is 0 Å². The van der Waals surface area contributed by atoms with Crippen LogP contribution < -0.4 is 0 Å². The van der Waals surface area contributed by atoms with Crippen LogP contribution in [0.25, 0.3) is 0 Å². The second-order valence-electron chi connectivity index (χ2n) is 6.06. The van der Waals surface area contributed by atoms with E-state index in [2.05, 4.69) is 0 Å². The number of benzene rings is 2. The molecule has 0 aliphatic heterocycles. The molecule has 4 nitrogen and oxygen atoms in total. The lowest BCUT2D eigenvalue weighted by Gasteiger charge is -2.13. The predicted molar refractivity (Wildman–Crippen MR) is 98.3 cm³/mol. The Morgan fingerprint density at radius 1 is 1.08 bits per heavy atom. The second-order valence-corrected chi connectivity index (χ2v) is 8.05. The van der Waals surface area contributed by atoms with Gasteiger partial charge in [-0.1, -0.05) is 42.0 Å². The van der Waals surface area contributed by atoms with Crippen molar-refractivity contribution in [2.75, 3.05) is 0 Å². The Bertz CT molecular complexity index is 878. The van der Waals surface area contributed by atoms with Gasteiger partial charge in [-0.05, 0) is 55.5 Å². The van der Waals surface area contributed by atoms with Gasteiger partial charge in [0.25, 0.3) is 0 Å². The average Bonchev–Trinajstić information content (AvgIpc) is 2.54. The van der Waals surface area contributed by atoms with E-state index in [9.17, 15) is 13.2 Å². The summed E-state index contributed by atoms with van der Waals surface area (Å²) in [7, 11) is -3.43. The van der Waals surface area contributed by atoms with Gasteiger partial charge in [-0.15, -0.1) is 0 Å². The summed E-state index contributed by atoms with van der Waals surface area (Å²) in [5, 5.41) is 8.64. The zero-order chi connectivity index (χ0) is 18.4. The first-order valence-electron chi connectivity index (χ1n) is 8.06. The summed E-state index contributed by atoms with van der Waals surface area (Å²) in [4.78, 5) is 10.9. The van der Waals surface area contributed by atoms with Crippen molar-refractivity contribution in [2.24, 2.45) is 0 Å². The Balaban J connectivity index is 2.26. The van der Waals surface area contributed by atoms with Gasteiger partial charge in [-0.3, -0.25) is 0 Å². The zero-order valence-corrected chi connectivity index (χ0v) is 15.2. The van der Waals surface area contributed by atoms with E-state index in [1.807, 2.05) is 32.0 Å². The molecule has 0 saturated carbocycles. The van der Waals surface area contributed by atoms with E-state index in [0.717, 1.165) is 28.3 Å². The van der Waals surface area contributed by atoms with Gasteiger partial charge in [-0.2, -0.15) is 0 Å². The average molecular weight is 358 g/mol. The van der Waals surface area contributed by atoms with E-state index in [1.165, 1.54) is 0 Å². The molecule has 0 atom stereocenters. The third kappa shape index (κ3) is 5.29. The van der Waals surface area contributed by atoms with Crippen molar-refractivity contribution in [1.29, 1.82) is 0 Å². The molecular weight excluding hydrogens is 336 g/mol. The fourth-order valence-corrected chi connectivity index (χ4v) is 4.16. The predicted octanol–water partition coefficient (Wildman–Crippen LogP) is 3.85. The monoisotopic (exact) mass is 358 g/mol. The number of aliphatic carboxylic acids is 1. The van der Waals surface area contributed by atoms with Crippen molar-refractivity contribution in [1.82, 2.24) is 0 Å². The van der Waals surface area contributed by atoms with Crippen molar-refractivity contribution >= 4 is 15.8 Å². The summed E-state index contributed by atoms with van der Waals surface area (Å²) in [6.07, 6.45) is 3.85. The fraction of sp³-hybridized carbons (Fsp3) is 0.250. The van der Waals surface area contributed by atoms with Crippen molar-refractivity contribution in [2.45, 2.75) is 37.3 Å². The highest BCUT2D eigenvalue weighted by molar-refractivity contribution is 7.90. The molecule has 0 aliphatic rings. The molecule has 0 saturated heterocycles. The van der Waals surface area contributed by atoms with Crippen LogP contribution in [0.4, 0.5) is 0 Å². The van der Waals surface area contributed by atoms with E-state index >= 15 is 0 Å². The number of aryl methyl sites for hydroxylation is 3. The van der Waals surface area contributed by atoms with Crippen molar-refractivity contribution in [3.63, 3.8) is 0 Å². The first-order chi connectivity index (χ1) is 11.8. The number of rotatable bonds is 7. The molecule has 1 N–H and O–H groups in total. The van der Waals surface area contributed by atoms with E-state index < -0.39 is 15.8 Å². The number of hydrogen-bond acceptors (Lipinski definition) is 3. The lowest BCUT2D eigenvalue weighted by Crippen LogP contribution is -2.09. The highest BCUT2D eigenvalue weighted by atomic mass is 32.2. The summed E-state index contributed by atoms with van der Waals surface area (Å²) in [6.45, 7) is 3.82. The summed E-state index contributed by atoms with van der Waals surface area (Å²) < 4.78 is 25.5. The van der Waals surface area contributed by atoms with Crippen LogP contribution in [0.2, 0.25) is 0 Å². The molecule has 0 aromatic heterocycles. The van der Waals surface area contributed by atoms with Gasteiger partial charge < -0.3 is 5.11 Å². The third-order valence-corrected chi connectivity index (χ3v) is 5.72. The van der Waals surface area contributed by atoms with Gasteiger partial charge in [0.15, 0.2) is 9.84 Å². The highest BCUT2D eigenvalue weighted by Gasteiger charge is 2.18. The third-order valence-electron chi connectivity index (χ3n) is 4.06. The summed E-state index contributed by atoms with van der Waals surface area (Å²) in [5.74, 6) is -1.04. The maximum Gasteiger partial charge on any atom is 0.327 e. The Kier molecular flexibility index (Phi) is 6.15. The molecular formula is C20H22O4S. The molecule has 0 aliphatic carbocycles. The second kappa shape index (κ2) is 8.12. The molecule has 0 heterocycles. The van der Waals surface area contributed by atoms with Crippen LogP contribution in [0.1, 0.15) is 28.7 Å². The largest absolute Gasteiger partial charge is 0.478 e. The Morgan fingerprint density at radius 3 is 2.40 bits per heavy atom. The van der Waals surface area contributed by atoms with Gasteiger partial charge in [-0.25, -0.2) is 13.2 Å². The molecule has 2 rings (SSSR count). The van der Waals surface area contributed by atoms with E-state index in [1.54, 1.807) is 30.3 Å². The maximum atomic E-state index is 12.7. The van der Waals surface area contributed by atoms with E-state index in [-0.39, 0.29) is 5.75 Å². The lowest BCUT2D eigenvalue weighted by atomic mass is 9.99. The minimum atomic E-state index is -3.43. The highest BCUT2D eigenvalue weighted by Crippen LogP contribution is 2.23. The number of hydrogen-bond donors (Lipinski definition) is 1. The summed E-state index contributed by atoms with van der Waals surface area (Å²) in [6, 6.07) is 12.6. The minimum Gasteiger partial charge on any atom is -0.478 e. The van der Waals surface area contributed by atoms with Crippen LogP contribution in [0.3, 0.4) is 0 Å². The number of carbonyl (C=O) groups is 1. The van der Waals surface area contributed by atoms with Crippen LogP contribution in [-0.2, 0) is 26.8 Å². The SMILES string of the molecule is Cc1ccc(S(=O)(=O)Cc2c(C)cccc2CC/C=C/C(=O)O)cc1. The first kappa shape index (κ1) is 18.9. The van der Waals surface area contributed by atoms with Crippen molar-refractivity contribution < 1.29 is 18.3 Å². The van der Waals surface area contributed by atoms with Crippen molar-refractivity contribution in [3.05, 3.63) is 76.9 Å². The van der Waals surface area contributed by atoms with E-state index in [4.69, 9.17) is 5.11 Å². The Hall–Kier alpha value is -2.40. The van der Waals surface area contributed by atoms with Gasteiger partial charge in [0.05, 0.1) is 10.6 Å². The number of allylic oxidation sites excluding steroid dienone is 1. The van der Waals surface area contributed by atoms with Crippen LogP contribution >= 0.6 is 0 Å². The molecule has 2 aromatic carbocycles. The Morgan fingerprint density at radius 2 is 1.76 bits per heavy atom. The summed E-state index contributed by atoms with van der Waals surface area (Å²) >= 11 is 0.